The molecule has 90 valence electrons. The third-order valence-electron chi connectivity index (χ3n) is 2.39. The molecule has 1 aromatic rings. The fourth-order valence-electron chi connectivity index (χ4n) is 1.34. The molecule has 0 spiro atoms. The molecule has 0 aliphatic carbocycles. The highest BCUT2D eigenvalue weighted by Crippen LogP contribution is 2.21. The maximum atomic E-state index is 8.88. The van der Waals surface area contributed by atoms with Gasteiger partial charge in [0, 0.05) is 19.3 Å². The van der Waals surface area contributed by atoms with Crippen molar-refractivity contribution in [2.75, 3.05) is 18.5 Å². The minimum atomic E-state index is 0.214. The van der Waals surface area contributed by atoms with Crippen molar-refractivity contribution in [2.45, 2.75) is 19.8 Å². The van der Waals surface area contributed by atoms with Crippen LogP contribution in [-0.2, 0) is 0 Å². The van der Waals surface area contributed by atoms with Crippen LogP contribution < -0.4 is 5.32 Å². The Bertz CT molecular complexity index is 338. The average molecular weight is 309 g/mol. The summed E-state index contributed by atoms with van der Waals surface area (Å²) in [4.78, 5) is 7.92. The number of rotatable bonds is 6. The Hall–Kier alpha value is -0.390. The number of aliphatic hydroxyl groups is 1. The lowest BCUT2D eigenvalue weighted by molar-refractivity contribution is 0.258. The SMILES string of the molecule is CCC(CCO)CNc1nc(Cl)ncc1Br. The Morgan fingerprint density at radius 2 is 2.38 bits per heavy atom. The predicted octanol–water partition coefficient (Wildman–Crippen LogP) is 2.71. The first-order valence-electron chi connectivity index (χ1n) is 5.20. The van der Waals surface area contributed by atoms with E-state index in [1.54, 1.807) is 6.20 Å². The van der Waals surface area contributed by atoms with E-state index in [9.17, 15) is 0 Å². The third-order valence-corrected chi connectivity index (χ3v) is 3.15. The molecule has 0 saturated heterocycles. The predicted molar refractivity (Wildman–Crippen MR) is 68.7 cm³/mol. The molecule has 1 atom stereocenters. The molecule has 0 saturated carbocycles. The lowest BCUT2D eigenvalue weighted by Crippen LogP contribution is -2.16. The van der Waals surface area contributed by atoms with Gasteiger partial charge in [0.25, 0.3) is 0 Å². The molecule has 2 N–H and O–H groups in total. The van der Waals surface area contributed by atoms with Crippen LogP contribution >= 0.6 is 27.5 Å². The summed E-state index contributed by atoms with van der Waals surface area (Å²) in [6, 6.07) is 0. The van der Waals surface area contributed by atoms with E-state index in [1.165, 1.54) is 0 Å². The Labute approximate surface area is 109 Å². The van der Waals surface area contributed by atoms with E-state index in [4.69, 9.17) is 16.7 Å². The number of nitrogens with zero attached hydrogens (tertiary/aromatic N) is 2. The Kier molecular flexibility index (Phi) is 6.01. The Morgan fingerprint density at radius 1 is 1.62 bits per heavy atom. The maximum Gasteiger partial charge on any atom is 0.224 e. The summed E-state index contributed by atoms with van der Waals surface area (Å²) in [5.41, 5.74) is 0. The largest absolute Gasteiger partial charge is 0.396 e. The van der Waals surface area contributed by atoms with Gasteiger partial charge >= 0.3 is 0 Å². The molecule has 1 aromatic heterocycles. The van der Waals surface area contributed by atoms with Gasteiger partial charge < -0.3 is 10.4 Å². The first-order valence-corrected chi connectivity index (χ1v) is 6.37. The van der Waals surface area contributed by atoms with Gasteiger partial charge in [0.15, 0.2) is 0 Å². The van der Waals surface area contributed by atoms with Crippen LogP contribution in [-0.4, -0.2) is 28.2 Å². The normalized spacial score (nSPS) is 12.5. The van der Waals surface area contributed by atoms with E-state index in [0.717, 1.165) is 23.9 Å². The number of aromatic nitrogens is 2. The second-order valence-electron chi connectivity index (χ2n) is 3.50. The summed E-state index contributed by atoms with van der Waals surface area (Å²) in [6.07, 6.45) is 3.43. The van der Waals surface area contributed by atoms with Gasteiger partial charge in [-0.15, -0.1) is 0 Å². The smallest absolute Gasteiger partial charge is 0.224 e. The molecule has 4 nitrogen and oxygen atoms in total. The second kappa shape index (κ2) is 7.04. The van der Waals surface area contributed by atoms with Crippen molar-refractivity contribution < 1.29 is 5.11 Å². The zero-order chi connectivity index (χ0) is 12.0. The number of aliphatic hydroxyl groups excluding tert-OH is 1. The number of halogens is 2. The van der Waals surface area contributed by atoms with Crippen molar-refractivity contribution >= 4 is 33.3 Å². The van der Waals surface area contributed by atoms with Crippen LogP contribution in [0.3, 0.4) is 0 Å². The molecule has 0 aliphatic heterocycles. The first kappa shape index (κ1) is 13.7. The summed E-state index contributed by atoms with van der Waals surface area (Å²) < 4.78 is 0.788. The lowest BCUT2D eigenvalue weighted by atomic mass is 10.0. The standard InChI is InChI=1S/C10H15BrClN3O/c1-2-7(3-4-16)5-13-9-8(11)6-14-10(12)15-9/h6-7,16H,2-5H2,1H3,(H,13,14,15). The molecule has 0 bridgehead atoms. The first-order chi connectivity index (χ1) is 7.67. The molecule has 1 heterocycles. The fraction of sp³-hybridized carbons (Fsp3) is 0.600. The topological polar surface area (TPSA) is 58.0 Å². The molecular formula is C10H15BrClN3O. The number of hydrogen-bond acceptors (Lipinski definition) is 4. The average Bonchev–Trinajstić information content (AvgIpc) is 2.28. The molecule has 0 radical (unpaired) electrons. The van der Waals surface area contributed by atoms with E-state index < -0.39 is 0 Å². The van der Waals surface area contributed by atoms with Crippen molar-refractivity contribution in [3.8, 4) is 0 Å². The van der Waals surface area contributed by atoms with Crippen LogP contribution in [0.2, 0.25) is 5.28 Å². The van der Waals surface area contributed by atoms with E-state index in [1.807, 2.05) is 0 Å². The summed E-state index contributed by atoms with van der Waals surface area (Å²) in [5.74, 6) is 1.13. The molecule has 0 aliphatic rings. The minimum absolute atomic E-state index is 0.214. The Balaban J connectivity index is 2.55. The van der Waals surface area contributed by atoms with Crippen LogP contribution in [0.25, 0.3) is 0 Å². The van der Waals surface area contributed by atoms with E-state index in [0.29, 0.717) is 11.7 Å². The van der Waals surface area contributed by atoms with Gasteiger partial charge in [0.2, 0.25) is 5.28 Å². The third kappa shape index (κ3) is 4.23. The van der Waals surface area contributed by atoms with E-state index in [2.05, 4.69) is 38.1 Å². The fourth-order valence-corrected chi connectivity index (χ4v) is 1.81. The summed E-state index contributed by atoms with van der Waals surface area (Å²) in [7, 11) is 0. The number of anilines is 1. The van der Waals surface area contributed by atoms with Crippen molar-refractivity contribution in [2.24, 2.45) is 5.92 Å². The van der Waals surface area contributed by atoms with Gasteiger partial charge in [-0.3, -0.25) is 0 Å². The maximum absolute atomic E-state index is 8.88. The van der Waals surface area contributed by atoms with Crippen LogP contribution in [0.4, 0.5) is 5.82 Å². The van der Waals surface area contributed by atoms with Crippen molar-refractivity contribution in [1.29, 1.82) is 0 Å². The molecule has 0 amide bonds. The molecule has 0 aromatic carbocycles. The van der Waals surface area contributed by atoms with Gasteiger partial charge in [0.05, 0.1) is 4.47 Å². The Morgan fingerprint density at radius 3 is 3.00 bits per heavy atom. The summed E-state index contributed by atoms with van der Waals surface area (Å²) in [6.45, 7) is 3.08. The van der Waals surface area contributed by atoms with Gasteiger partial charge in [-0.2, -0.15) is 4.98 Å². The highest BCUT2D eigenvalue weighted by molar-refractivity contribution is 9.10. The summed E-state index contributed by atoms with van der Waals surface area (Å²) in [5, 5.41) is 12.3. The molecule has 16 heavy (non-hydrogen) atoms. The van der Waals surface area contributed by atoms with Crippen LogP contribution in [0.1, 0.15) is 19.8 Å². The van der Waals surface area contributed by atoms with Gasteiger partial charge in [-0.25, -0.2) is 4.98 Å². The van der Waals surface area contributed by atoms with Gasteiger partial charge in [-0.05, 0) is 39.9 Å². The van der Waals surface area contributed by atoms with Crippen LogP contribution in [0, 0.1) is 5.92 Å². The minimum Gasteiger partial charge on any atom is -0.396 e. The molecule has 6 heteroatoms. The van der Waals surface area contributed by atoms with E-state index in [-0.39, 0.29) is 11.9 Å². The molecule has 0 fully saturated rings. The van der Waals surface area contributed by atoms with Crippen LogP contribution in [0.5, 0.6) is 0 Å². The quantitative estimate of drug-likeness (QED) is 0.793. The lowest BCUT2D eigenvalue weighted by Gasteiger charge is -2.15. The summed E-state index contributed by atoms with van der Waals surface area (Å²) >= 11 is 9.05. The zero-order valence-electron chi connectivity index (χ0n) is 9.08. The highest BCUT2D eigenvalue weighted by atomic mass is 79.9. The van der Waals surface area contributed by atoms with Crippen molar-refractivity contribution in [1.82, 2.24) is 9.97 Å². The zero-order valence-corrected chi connectivity index (χ0v) is 11.4. The van der Waals surface area contributed by atoms with E-state index >= 15 is 0 Å². The van der Waals surface area contributed by atoms with Gasteiger partial charge in [-0.1, -0.05) is 13.3 Å². The number of nitrogens with one attached hydrogen (secondary N) is 1. The highest BCUT2D eigenvalue weighted by Gasteiger charge is 2.08. The van der Waals surface area contributed by atoms with Crippen molar-refractivity contribution in [3.63, 3.8) is 0 Å². The molecule has 1 unspecified atom stereocenters. The van der Waals surface area contributed by atoms with Gasteiger partial charge in [0.1, 0.15) is 5.82 Å². The van der Waals surface area contributed by atoms with Crippen molar-refractivity contribution in [3.05, 3.63) is 16.0 Å². The number of hydrogen-bond donors (Lipinski definition) is 2. The van der Waals surface area contributed by atoms with Crippen LogP contribution in [0.15, 0.2) is 10.7 Å². The molecule has 1 rings (SSSR count). The monoisotopic (exact) mass is 307 g/mol. The second-order valence-corrected chi connectivity index (χ2v) is 4.70. The molecular weight excluding hydrogens is 293 g/mol.